The molecule has 0 atom stereocenters. The maximum absolute atomic E-state index is 12.4. The van der Waals surface area contributed by atoms with E-state index in [1.54, 1.807) is 0 Å². The Hall–Kier alpha value is -2.24. The number of hydrogen-bond acceptors (Lipinski definition) is 4. The first-order valence-electron chi connectivity index (χ1n) is 8.14. The van der Waals surface area contributed by atoms with Gasteiger partial charge in [0, 0.05) is 38.4 Å². The topological polar surface area (TPSA) is 53.1 Å². The van der Waals surface area contributed by atoms with Crippen molar-refractivity contribution < 1.29 is 14.3 Å². The van der Waals surface area contributed by atoms with Crippen LogP contribution in [0.2, 0.25) is 0 Å². The molecule has 0 aliphatic carbocycles. The highest BCUT2D eigenvalue weighted by Gasteiger charge is 2.26. The number of benzene rings is 1. The number of cyclic esters (lactones) is 1. The summed E-state index contributed by atoms with van der Waals surface area (Å²) >= 11 is 0. The molecule has 2 fully saturated rings. The Kier molecular flexibility index (Phi) is 4.69. The number of hydrogen-bond donors (Lipinski definition) is 0. The lowest BCUT2D eigenvalue weighted by molar-refractivity contribution is -0.132. The molecule has 2 saturated heterocycles. The van der Waals surface area contributed by atoms with Gasteiger partial charge in [0.1, 0.15) is 6.54 Å². The molecule has 0 N–H and O–H groups in total. The maximum atomic E-state index is 12.4. The van der Waals surface area contributed by atoms with Crippen LogP contribution in [0.25, 0.3) is 0 Å². The van der Waals surface area contributed by atoms with Gasteiger partial charge in [-0.05, 0) is 31.0 Å². The van der Waals surface area contributed by atoms with Gasteiger partial charge in [-0.15, -0.1) is 0 Å². The fourth-order valence-electron chi connectivity index (χ4n) is 3.04. The molecule has 3 rings (SSSR count). The van der Waals surface area contributed by atoms with E-state index in [0.29, 0.717) is 26.2 Å². The van der Waals surface area contributed by atoms with Crippen LogP contribution < -0.4 is 4.90 Å². The molecule has 2 heterocycles. The lowest BCUT2D eigenvalue weighted by Gasteiger charge is -2.37. The van der Waals surface area contributed by atoms with E-state index in [0.717, 1.165) is 19.5 Å². The molecule has 2 aliphatic rings. The van der Waals surface area contributed by atoms with Gasteiger partial charge in [0.15, 0.2) is 0 Å². The number of ether oxygens (including phenoxy) is 1. The minimum absolute atomic E-state index is 0.00717. The van der Waals surface area contributed by atoms with Gasteiger partial charge in [-0.2, -0.15) is 0 Å². The highest BCUT2D eigenvalue weighted by molar-refractivity contribution is 5.82. The zero-order chi connectivity index (χ0) is 16.2. The van der Waals surface area contributed by atoms with Crippen molar-refractivity contribution in [3.63, 3.8) is 0 Å². The molecule has 2 aliphatic heterocycles. The molecule has 0 spiro atoms. The third-order valence-corrected chi connectivity index (χ3v) is 4.38. The van der Waals surface area contributed by atoms with Crippen molar-refractivity contribution in [2.24, 2.45) is 0 Å². The van der Waals surface area contributed by atoms with Crippen molar-refractivity contribution >= 4 is 17.7 Å². The van der Waals surface area contributed by atoms with E-state index in [-0.39, 0.29) is 18.5 Å². The van der Waals surface area contributed by atoms with Crippen LogP contribution >= 0.6 is 0 Å². The molecule has 6 heteroatoms. The van der Waals surface area contributed by atoms with Crippen LogP contribution in [0, 0.1) is 6.92 Å². The molecule has 0 aromatic heterocycles. The zero-order valence-corrected chi connectivity index (χ0v) is 13.5. The summed E-state index contributed by atoms with van der Waals surface area (Å²) in [5.74, 6) is 0.00717. The maximum Gasteiger partial charge on any atom is 0.410 e. The second kappa shape index (κ2) is 6.89. The second-order valence-electron chi connectivity index (χ2n) is 6.10. The van der Waals surface area contributed by atoms with Crippen molar-refractivity contribution in [1.82, 2.24) is 9.80 Å². The summed E-state index contributed by atoms with van der Waals surface area (Å²) in [6.45, 7) is 6.29. The molecule has 0 saturated carbocycles. The van der Waals surface area contributed by atoms with E-state index >= 15 is 0 Å². The Morgan fingerprint density at radius 3 is 2.65 bits per heavy atom. The Morgan fingerprint density at radius 1 is 1.17 bits per heavy atom. The lowest BCUT2D eigenvalue weighted by atomic mass is 10.2. The molecule has 6 nitrogen and oxygen atoms in total. The number of amides is 2. The van der Waals surface area contributed by atoms with Gasteiger partial charge < -0.3 is 14.5 Å². The number of carbonyl (C=O) groups excluding carboxylic acids is 2. The van der Waals surface area contributed by atoms with Crippen molar-refractivity contribution in [3.8, 4) is 0 Å². The minimum atomic E-state index is -0.372. The molecule has 124 valence electrons. The average molecular weight is 317 g/mol. The largest absolute Gasteiger partial charge is 0.449 e. The van der Waals surface area contributed by atoms with Crippen molar-refractivity contribution in [2.45, 2.75) is 13.3 Å². The van der Waals surface area contributed by atoms with Crippen molar-refractivity contribution in [3.05, 3.63) is 29.8 Å². The molecule has 1 aromatic rings. The van der Waals surface area contributed by atoms with Crippen LogP contribution in [-0.4, -0.2) is 67.7 Å². The van der Waals surface area contributed by atoms with Gasteiger partial charge in [-0.1, -0.05) is 12.1 Å². The van der Waals surface area contributed by atoms with Crippen molar-refractivity contribution in [1.29, 1.82) is 0 Å². The number of aryl methyl sites for hydroxylation is 1. The predicted molar refractivity (Wildman–Crippen MR) is 87.5 cm³/mol. The zero-order valence-electron chi connectivity index (χ0n) is 13.5. The molecule has 1 aromatic carbocycles. The fraction of sp³-hybridized carbons (Fsp3) is 0.529. The summed E-state index contributed by atoms with van der Waals surface area (Å²) in [5.41, 5.74) is 2.45. The Labute approximate surface area is 136 Å². The summed E-state index contributed by atoms with van der Waals surface area (Å²) < 4.78 is 4.97. The van der Waals surface area contributed by atoms with Gasteiger partial charge in [-0.3, -0.25) is 9.69 Å². The minimum Gasteiger partial charge on any atom is -0.449 e. The summed E-state index contributed by atoms with van der Waals surface area (Å²) in [5, 5.41) is 0. The van der Waals surface area contributed by atoms with Crippen LogP contribution in [0.15, 0.2) is 24.3 Å². The third kappa shape index (κ3) is 3.75. The van der Waals surface area contributed by atoms with Gasteiger partial charge >= 0.3 is 6.09 Å². The molecule has 0 radical (unpaired) electrons. The smallest absolute Gasteiger partial charge is 0.410 e. The Balaban J connectivity index is 1.52. The summed E-state index contributed by atoms with van der Waals surface area (Å²) in [6, 6.07) is 8.42. The molecular weight excluding hydrogens is 294 g/mol. The fourth-order valence-corrected chi connectivity index (χ4v) is 3.04. The number of rotatable bonds is 3. The van der Waals surface area contributed by atoms with E-state index in [1.165, 1.54) is 16.2 Å². The van der Waals surface area contributed by atoms with E-state index in [2.05, 4.69) is 36.1 Å². The highest BCUT2D eigenvalue weighted by atomic mass is 16.6. The van der Waals surface area contributed by atoms with Crippen LogP contribution in [0.5, 0.6) is 0 Å². The predicted octanol–water partition coefficient (Wildman–Crippen LogP) is 1.49. The molecule has 2 amide bonds. The average Bonchev–Trinajstić information content (AvgIpc) is 2.57. The van der Waals surface area contributed by atoms with Crippen molar-refractivity contribution in [2.75, 3.05) is 50.8 Å². The first-order valence-corrected chi connectivity index (χ1v) is 8.14. The summed E-state index contributed by atoms with van der Waals surface area (Å²) in [6.07, 6.45) is 0.420. The van der Waals surface area contributed by atoms with Crippen LogP contribution in [0.4, 0.5) is 10.5 Å². The highest BCUT2D eigenvalue weighted by Crippen LogP contribution is 2.18. The van der Waals surface area contributed by atoms with E-state index in [4.69, 9.17) is 4.74 Å². The van der Waals surface area contributed by atoms with Gasteiger partial charge in [0.2, 0.25) is 5.91 Å². The monoisotopic (exact) mass is 317 g/mol. The summed E-state index contributed by atoms with van der Waals surface area (Å²) in [7, 11) is 0. The van der Waals surface area contributed by atoms with E-state index < -0.39 is 0 Å². The number of nitrogens with zero attached hydrogens (tertiary/aromatic N) is 3. The standard InChI is InChI=1S/C17H23N3O3/c1-14-4-2-5-15(12-14)18-7-9-19(10-8-18)16(21)13-20-6-3-11-23-17(20)22/h2,4-5,12H,3,6-11,13H2,1H3. The first-order chi connectivity index (χ1) is 11.1. The van der Waals surface area contributed by atoms with Gasteiger partial charge in [-0.25, -0.2) is 4.79 Å². The van der Waals surface area contributed by atoms with Gasteiger partial charge in [0.05, 0.1) is 6.61 Å². The van der Waals surface area contributed by atoms with Gasteiger partial charge in [0.25, 0.3) is 0 Å². The van der Waals surface area contributed by atoms with E-state index in [9.17, 15) is 9.59 Å². The lowest BCUT2D eigenvalue weighted by Crippen LogP contribution is -2.52. The van der Waals surface area contributed by atoms with E-state index in [1.807, 2.05) is 4.90 Å². The first kappa shape index (κ1) is 15.6. The number of carbonyl (C=O) groups is 2. The Morgan fingerprint density at radius 2 is 1.96 bits per heavy atom. The molecule has 0 unspecified atom stereocenters. The number of piperazine rings is 1. The second-order valence-corrected chi connectivity index (χ2v) is 6.10. The number of anilines is 1. The molecule has 23 heavy (non-hydrogen) atoms. The Bertz CT molecular complexity index is 582. The van der Waals surface area contributed by atoms with Crippen LogP contribution in [0.3, 0.4) is 0 Å². The SMILES string of the molecule is Cc1cccc(N2CCN(C(=O)CN3CCCOC3=O)CC2)c1. The quantitative estimate of drug-likeness (QED) is 0.847. The third-order valence-electron chi connectivity index (χ3n) is 4.38. The molecular formula is C17H23N3O3. The van der Waals surface area contributed by atoms with Crippen LogP contribution in [0.1, 0.15) is 12.0 Å². The normalized spacial score (nSPS) is 18.8. The molecule has 0 bridgehead atoms. The van der Waals surface area contributed by atoms with Crippen LogP contribution in [-0.2, 0) is 9.53 Å². The summed E-state index contributed by atoms with van der Waals surface area (Å²) in [4.78, 5) is 29.6.